The van der Waals surface area contributed by atoms with Gasteiger partial charge in [-0.2, -0.15) is 0 Å². The molecule has 1 heterocycles. The Labute approximate surface area is 179 Å². The van der Waals surface area contributed by atoms with Crippen LogP contribution in [0.2, 0.25) is 0 Å². The van der Waals surface area contributed by atoms with E-state index in [-0.39, 0.29) is 22.4 Å². The van der Waals surface area contributed by atoms with Crippen LogP contribution < -0.4 is 15.4 Å². The third kappa shape index (κ3) is 4.78. The van der Waals surface area contributed by atoms with E-state index in [0.29, 0.717) is 22.4 Å². The number of anilines is 4. The molecule has 0 saturated heterocycles. The standard InChI is InChI=1S/C22H18N5O3S/c1-15(28)23-17-11-13-18(14-12-17)31(29,30)27-22-21(24-16-7-3-2-4-8-16)25-19-9-5-6-10-20(19)26-22/h3-14H,1H3,(H,23,28)(H,24,25)(H,26,27). The lowest BCUT2D eigenvalue weighted by molar-refractivity contribution is -0.114. The van der Waals surface area contributed by atoms with E-state index < -0.39 is 10.0 Å². The molecular weight excluding hydrogens is 414 g/mol. The van der Waals surface area contributed by atoms with E-state index >= 15 is 0 Å². The van der Waals surface area contributed by atoms with Gasteiger partial charge in [-0.15, -0.1) is 0 Å². The fourth-order valence-corrected chi connectivity index (χ4v) is 3.88. The lowest BCUT2D eigenvalue weighted by Crippen LogP contribution is -2.16. The number of hydrogen-bond acceptors (Lipinski definition) is 6. The van der Waals surface area contributed by atoms with Crippen LogP contribution in [0.1, 0.15) is 6.92 Å². The second kappa shape index (κ2) is 8.41. The van der Waals surface area contributed by atoms with Gasteiger partial charge in [-0.3, -0.25) is 9.52 Å². The summed E-state index contributed by atoms with van der Waals surface area (Å²) in [6.45, 7) is 1.38. The van der Waals surface area contributed by atoms with Crippen molar-refractivity contribution < 1.29 is 13.2 Å². The van der Waals surface area contributed by atoms with Crippen LogP contribution in [0, 0.1) is 6.07 Å². The molecule has 0 fully saturated rings. The molecule has 0 aliphatic carbocycles. The van der Waals surface area contributed by atoms with Gasteiger partial charge in [-0.1, -0.05) is 24.3 Å². The predicted octanol–water partition coefficient (Wildman–Crippen LogP) is 3.93. The molecule has 0 bridgehead atoms. The number of amides is 1. The van der Waals surface area contributed by atoms with Gasteiger partial charge in [-0.25, -0.2) is 18.4 Å². The Bertz CT molecular complexity index is 1340. The second-order valence-electron chi connectivity index (χ2n) is 6.63. The number of nitrogens with one attached hydrogen (secondary N) is 3. The van der Waals surface area contributed by atoms with E-state index in [9.17, 15) is 13.2 Å². The van der Waals surface area contributed by atoms with Gasteiger partial charge < -0.3 is 10.6 Å². The van der Waals surface area contributed by atoms with Gasteiger partial charge in [0.1, 0.15) is 0 Å². The van der Waals surface area contributed by atoms with Crippen LogP contribution in [0.3, 0.4) is 0 Å². The first kappa shape index (κ1) is 20.3. The van der Waals surface area contributed by atoms with Gasteiger partial charge in [0.15, 0.2) is 11.6 Å². The van der Waals surface area contributed by atoms with Gasteiger partial charge in [0.05, 0.1) is 15.9 Å². The minimum Gasteiger partial charge on any atom is -0.337 e. The number of sulfonamides is 1. The maximum absolute atomic E-state index is 13.0. The van der Waals surface area contributed by atoms with Crippen LogP contribution >= 0.6 is 0 Å². The molecule has 4 aromatic rings. The van der Waals surface area contributed by atoms with Crippen LogP contribution in [0.15, 0.2) is 77.7 Å². The lowest BCUT2D eigenvalue weighted by Gasteiger charge is -2.14. The normalized spacial score (nSPS) is 11.1. The third-order valence-corrected chi connectivity index (χ3v) is 5.62. The van der Waals surface area contributed by atoms with E-state index in [1.807, 2.05) is 6.07 Å². The average molecular weight is 432 g/mol. The van der Waals surface area contributed by atoms with Crippen molar-refractivity contribution in [1.82, 2.24) is 9.97 Å². The fraction of sp³-hybridized carbons (Fsp3) is 0.0455. The summed E-state index contributed by atoms with van der Waals surface area (Å²) in [5.41, 5.74) is 2.38. The van der Waals surface area contributed by atoms with Crippen molar-refractivity contribution in [2.45, 2.75) is 11.8 Å². The number of carbonyl (C=O) groups is 1. The molecule has 1 aromatic heterocycles. The van der Waals surface area contributed by atoms with Crippen LogP contribution in [0.25, 0.3) is 11.0 Å². The summed E-state index contributed by atoms with van der Waals surface area (Å²) >= 11 is 0. The maximum Gasteiger partial charge on any atom is 0.263 e. The molecule has 31 heavy (non-hydrogen) atoms. The summed E-state index contributed by atoms with van der Waals surface area (Å²) in [5, 5.41) is 5.70. The van der Waals surface area contributed by atoms with Gasteiger partial charge >= 0.3 is 0 Å². The molecule has 3 N–H and O–H groups in total. The fourth-order valence-electron chi connectivity index (χ4n) is 2.87. The first-order chi connectivity index (χ1) is 14.9. The van der Waals surface area contributed by atoms with Gasteiger partial charge in [0.25, 0.3) is 10.0 Å². The highest BCUT2D eigenvalue weighted by Gasteiger charge is 2.19. The highest BCUT2D eigenvalue weighted by molar-refractivity contribution is 7.92. The zero-order valence-electron chi connectivity index (χ0n) is 16.5. The molecule has 3 aromatic carbocycles. The quantitative estimate of drug-likeness (QED) is 0.425. The number of fused-ring (bicyclic) bond motifs is 1. The summed E-state index contributed by atoms with van der Waals surface area (Å²) in [6.07, 6.45) is 0. The van der Waals surface area contributed by atoms with Crippen molar-refractivity contribution in [3.63, 3.8) is 0 Å². The number of aromatic nitrogens is 2. The first-order valence-electron chi connectivity index (χ1n) is 9.31. The van der Waals surface area contributed by atoms with Crippen molar-refractivity contribution in [3.05, 3.63) is 78.9 Å². The summed E-state index contributed by atoms with van der Waals surface area (Å²) in [4.78, 5) is 20.2. The Kier molecular flexibility index (Phi) is 5.50. The molecule has 0 saturated carbocycles. The number of nitrogens with zero attached hydrogens (tertiary/aromatic N) is 2. The maximum atomic E-state index is 13.0. The Balaban J connectivity index is 1.70. The monoisotopic (exact) mass is 432 g/mol. The van der Waals surface area contributed by atoms with Crippen molar-refractivity contribution in [3.8, 4) is 0 Å². The molecule has 0 aliphatic heterocycles. The van der Waals surface area contributed by atoms with Crippen molar-refractivity contribution in [1.29, 1.82) is 0 Å². The van der Waals surface area contributed by atoms with E-state index in [0.717, 1.165) is 0 Å². The molecule has 155 valence electrons. The van der Waals surface area contributed by atoms with E-state index in [2.05, 4.69) is 31.4 Å². The Morgan fingerprint density at radius 1 is 0.839 bits per heavy atom. The van der Waals surface area contributed by atoms with Crippen molar-refractivity contribution in [2.24, 2.45) is 0 Å². The van der Waals surface area contributed by atoms with Crippen molar-refractivity contribution >= 4 is 50.0 Å². The van der Waals surface area contributed by atoms with Crippen LogP contribution in [-0.4, -0.2) is 24.3 Å². The molecular formula is C22H18N5O3S. The summed E-state index contributed by atoms with van der Waals surface area (Å²) in [7, 11) is -3.95. The molecule has 1 amide bonds. The second-order valence-corrected chi connectivity index (χ2v) is 8.32. The van der Waals surface area contributed by atoms with Crippen molar-refractivity contribution in [2.75, 3.05) is 15.4 Å². The van der Waals surface area contributed by atoms with Gasteiger partial charge in [0, 0.05) is 18.3 Å². The van der Waals surface area contributed by atoms with E-state index in [1.165, 1.54) is 31.2 Å². The Hall–Kier alpha value is -3.98. The summed E-state index contributed by atoms with van der Waals surface area (Å²) in [5.74, 6) is 0.0928. The van der Waals surface area contributed by atoms with E-state index in [4.69, 9.17) is 0 Å². The predicted molar refractivity (Wildman–Crippen MR) is 120 cm³/mol. The van der Waals surface area contributed by atoms with Crippen LogP contribution in [0.5, 0.6) is 0 Å². The average Bonchev–Trinajstić information content (AvgIpc) is 2.74. The number of rotatable bonds is 6. The Morgan fingerprint density at radius 2 is 1.45 bits per heavy atom. The first-order valence-corrected chi connectivity index (χ1v) is 10.8. The smallest absolute Gasteiger partial charge is 0.263 e. The van der Waals surface area contributed by atoms with Gasteiger partial charge in [0.2, 0.25) is 5.91 Å². The number of para-hydroxylation sites is 2. The number of hydrogen-bond donors (Lipinski definition) is 3. The molecule has 0 spiro atoms. The molecule has 9 heteroatoms. The highest BCUT2D eigenvalue weighted by Crippen LogP contribution is 2.27. The largest absolute Gasteiger partial charge is 0.337 e. The molecule has 1 radical (unpaired) electrons. The minimum atomic E-state index is -3.95. The molecule has 4 rings (SSSR count). The third-order valence-electron chi connectivity index (χ3n) is 4.27. The highest BCUT2D eigenvalue weighted by atomic mass is 32.2. The number of carbonyl (C=O) groups excluding carboxylic acids is 1. The lowest BCUT2D eigenvalue weighted by atomic mass is 10.3. The summed E-state index contributed by atoms with van der Waals surface area (Å²) in [6, 6.07) is 23.0. The zero-order valence-corrected chi connectivity index (χ0v) is 17.3. The molecule has 0 aliphatic rings. The van der Waals surface area contributed by atoms with E-state index in [1.54, 1.807) is 42.5 Å². The Morgan fingerprint density at radius 3 is 2.06 bits per heavy atom. The van der Waals surface area contributed by atoms with Crippen LogP contribution in [0.4, 0.5) is 23.0 Å². The minimum absolute atomic E-state index is 0.0248. The van der Waals surface area contributed by atoms with Gasteiger partial charge in [-0.05, 0) is 54.6 Å². The molecule has 0 atom stereocenters. The number of benzene rings is 3. The topological polar surface area (TPSA) is 113 Å². The summed E-state index contributed by atoms with van der Waals surface area (Å²) < 4.78 is 28.5. The van der Waals surface area contributed by atoms with Crippen LogP contribution in [-0.2, 0) is 14.8 Å². The SMILES string of the molecule is CC(=O)Nc1ccc(S(=O)(=O)Nc2nc3ccccc3nc2Nc2cc[c]cc2)cc1. The molecule has 8 nitrogen and oxygen atoms in total. The molecule has 0 unspecified atom stereocenters. The zero-order chi connectivity index (χ0) is 21.8.